The molecule has 0 amide bonds. The SMILES string of the molecule is CCCCCCCCCC/C=C\CCCCCCCCCCCC(=O)OC(COC(=O)CCCCCCCCCCCCCCCCCCCCCC)COP(=O)([O-])OCC[N+](C)(C)C. The Morgan fingerprint density at radius 3 is 1.14 bits per heavy atom. The maximum atomic E-state index is 12.8. The van der Waals surface area contributed by atoms with E-state index in [0.717, 1.165) is 38.5 Å². The van der Waals surface area contributed by atoms with Gasteiger partial charge in [-0.25, -0.2) is 0 Å². The number of quaternary nitrogens is 1. The van der Waals surface area contributed by atoms with Crippen molar-refractivity contribution in [3.05, 3.63) is 12.2 Å². The first-order chi connectivity index (χ1) is 31.5. The van der Waals surface area contributed by atoms with Crippen LogP contribution in [0, 0.1) is 0 Å². The molecule has 65 heavy (non-hydrogen) atoms. The number of carbonyl (C=O) groups excluding carboxylic acids is 2. The van der Waals surface area contributed by atoms with Crippen molar-refractivity contribution in [1.82, 2.24) is 0 Å². The largest absolute Gasteiger partial charge is 0.756 e. The summed E-state index contributed by atoms with van der Waals surface area (Å²) in [5.41, 5.74) is 0. The molecule has 0 aliphatic rings. The van der Waals surface area contributed by atoms with Gasteiger partial charge in [-0.1, -0.05) is 238 Å². The normalized spacial score (nSPS) is 13.4. The smallest absolute Gasteiger partial charge is 0.306 e. The molecule has 0 fully saturated rings. The maximum Gasteiger partial charge on any atom is 0.306 e. The number of hydrogen-bond acceptors (Lipinski definition) is 8. The Morgan fingerprint density at radius 2 is 0.785 bits per heavy atom. The number of unbranched alkanes of at least 4 members (excludes halogenated alkanes) is 36. The fourth-order valence-electron chi connectivity index (χ4n) is 8.18. The highest BCUT2D eigenvalue weighted by Gasteiger charge is 2.22. The molecular formula is C55H108NO8P. The molecule has 0 spiro atoms. The lowest BCUT2D eigenvalue weighted by molar-refractivity contribution is -0.870. The van der Waals surface area contributed by atoms with Crippen LogP contribution < -0.4 is 4.89 Å². The standard InChI is InChI=1S/C55H108NO8P/c1-6-8-10-12-14-16-18-20-22-24-26-28-30-32-34-36-38-40-42-44-46-48-55(58)64-53(52-63-65(59,60)62-50-49-56(3,4)5)51-61-54(57)47-45-43-41-39-37-35-33-31-29-27-25-23-21-19-17-15-13-11-9-7-2/h24,26,53H,6-23,25,27-52H2,1-5H3/b26-24-. The van der Waals surface area contributed by atoms with Crippen molar-refractivity contribution < 1.29 is 42.1 Å². The lowest BCUT2D eigenvalue weighted by Crippen LogP contribution is -2.37. The lowest BCUT2D eigenvalue weighted by atomic mass is 10.0. The number of ether oxygens (including phenoxy) is 2. The molecule has 10 heteroatoms. The van der Waals surface area contributed by atoms with Crippen molar-refractivity contribution in [3.8, 4) is 0 Å². The summed E-state index contributed by atoms with van der Waals surface area (Å²) >= 11 is 0. The highest BCUT2D eigenvalue weighted by atomic mass is 31.2. The summed E-state index contributed by atoms with van der Waals surface area (Å²) in [6, 6.07) is 0. The minimum Gasteiger partial charge on any atom is -0.756 e. The van der Waals surface area contributed by atoms with Gasteiger partial charge in [-0.3, -0.25) is 14.2 Å². The van der Waals surface area contributed by atoms with E-state index in [1.165, 1.54) is 205 Å². The molecular weight excluding hydrogens is 834 g/mol. The van der Waals surface area contributed by atoms with Crippen LogP contribution in [0.1, 0.15) is 277 Å². The molecule has 0 aromatic carbocycles. The van der Waals surface area contributed by atoms with Gasteiger partial charge in [-0.05, 0) is 38.5 Å². The second-order valence-corrected chi connectivity index (χ2v) is 21.7. The first kappa shape index (κ1) is 63.8. The van der Waals surface area contributed by atoms with E-state index in [-0.39, 0.29) is 32.0 Å². The van der Waals surface area contributed by atoms with Gasteiger partial charge >= 0.3 is 11.9 Å². The van der Waals surface area contributed by atoms with E-state index in [4.69, 9.17) is 18.5 Å². The van der Waals surface area contributed by atoms with Crippen LogP contribution in [-0.2, 0) is 32.7 Å². The summed E-state index contributed by atoms with van der Waals surface area (Å²) in [7, 11) is 1.18. The first-order valence-corrected chi connectivity index (χ1v) is 29.4. The van der Waals surface area contributed by atoms with Crippen LogP contribution in [0.25, 0.3) is 0 Å². The minimum atomic E-state index is -4.63. The lowest BCUT2D eigenvalue weighted by Gasteiger charge is -2.28. The Morgan fingerprint density at radius 1 is 0.462 bits per heavy atom. The van der Waals surface area contributed by atoms with Crippen LogP contribution in [0.2, 0.25) is 0 Å². The summed E-state index contributed by atoms with van der Waals surface area (Å²) in [5.74, 6) is -0.818. The molecule has 2 atom stereocenters. The molecule has 9 nitrogen and oxygen atoms in total. The summed E-state index contributed by atoms with van der Waals surface area (Å²) in [6.07, 6.45) is 53.9. The zero-order valence-corrected chi connectivity index (χ0v) is 44.6. The topological polar surface area (TPSA) is 111 Å². The number of hydrogen-bond donors (Lipinski definition) is 0. The number of carbonyl (C=O) groups is 2. The van der Waals surface area contributed by atoms with E-state index >= 15 is 0 Å². The number of esters is 2. The highest BCUT2D eigenvalue weighted by molar-refractivity contribution is 7.45. The van der Waals surface area contributed by atoms with Crippen LogP contribution >= 0.6 is 7.82 Å². The monoisotopic (exact) mass is 942 g/mol. The molecule has 0 aliphatic carbocycles. The van der Waals surface area contributed by atoms with Crippen molar-refractivity contribution in [3.63, 3.8) is 0 Å². The van der Waals surface area contributed by atoms with E-state index in [9.17, 15) is 19.0 Å². The molecule has 0 aliphatic heterocycles. The average molecular weight is 942 g/mol. The van der Waals surface area contributed by atoms with Gasteiger partial charge in [0.2, 0.25) is 0 Å². The van der Waals surface area contributed by atoms with Gasteiger partial charge in [0.25, 0.3) is 7.82 Å². The van der Waals surface area contributed by atoms with Crippen LogP contribution in [0.5, 0.6) is 0 Å². The molecule has 0 aromatic heterocycles. The fourth-order valence-corrected chi connectivity index (χ4v) is 8.91. The first-order valence-electron chi connectivity index (χ1n) is 27.9. The Hall–Kier alpha value is -1.25. The second kappa shape index (κ2) is 47.8. The molecule has 0 N–H and O–H groups in total. The quantitative estimate of drug-likeness (QED) is 0.0195. The molecule has 0 aromatic rings. The molecule has 0 radical (unpaired) electrons. The number of rotatable bonds is 52. The number of phosphoric acid groups is 1. The predicted octanol–water partition coefficient (Wildman–Crippen LogP) is 16.2. The molecule has 0 saturated heterocycles. The highest BCUT2D eigenvalue weighted by Crippen LogP contribution is 2.38. The third kappa shape index (κ3) is 52.0. The van der Waals surface area contributed by atoms with E-state index in [2.05, 4.69) is 26.0 Å². The van der Waals surface area contributed by atoms with Crippen LogP contribution in [-0.4, -0.2) is 70.0 Å². The van der Waals surface area contributed by atoms with Gasteiger partial charge in [-0.15, -0.1) is 0 Å². The van der Waals surface area contributed by atoms with E-state index < -0.39 is 26.5 Å². The van der Waals surface area contributed by atoms with Gasteiger partial charge in [0, 0.05) is 12.8 Å². The van der Waals surface area contributed by atoms with E-state index in [1.54, 1.807) is 0 Å². The third-order valence-corrected chi connectivity index (χ3v) is 13.5. The van der Waals surface area contributed by atoms with Crippen molar-refractivity contribution >= 4 is 19.8 Å². The second-order valence-electron chi connectivity index (χ2n) is 20.3. The van der Waals surface area contributed by atoms with Gasteiger partial charge < -0.3 is 27.9 Å². The average Bonchev–Trinajstić information content (AvgIpc) is 3.26. The summed E-state index contributed by atoms with van der Waals surface area (Å²) in [4.78, 5) is 37.8. The Labute approximate surface area is 403 Å². The van der Waals surface area contributed by atoms with Crippen molar-refractivity contribution in [1.29, 1.82) is 0 Å². The minimum absolute atomic E-state index is 0.0275. The van der Waals surface area contributed by atoms with Gasteiger partial charge in [0.05, 0.1) is 27.7 Å². The Kier molecular flexibility index (Phi) is 46.9. The Balaban J connectivity index is 4.16. The molecule has 2 unspecified atom stereocenters. The molecule has 386 valence electrons. The van der Waals surface area contributed by atoms with Crippen LogP contribution in [0.15, 0.2) is 12.2 Å². The van der Waals surface area contributed by atoms with Crippen LogP contribution in [0.4, 0.5) is 0 Å². The molecule has 0 saturated carbocycles. The van der Waals surface area contributed by atoms with Crippen LogP contribution in [0.3, 0.4) is 0 Å². The molecule has 0 bridgehead atoms. The Bertz CT molecular complexity index is 1110. The number of phosphoric ester groups is 1. The third-order valence-electron chi connectivity index (χ3n) is 12.5. The predicted molar refractivity (Wildman–Crippen MR) is 273 cm³/mol. The number of nitrogens with zero attached hydrogens (tertiary/aromatic N) is 1. The number of likely N-dealkylation sites (N-methyl/N-ethyl adjacent to an activating group) is 1. The van der Waals surface area contributed by atoms with Crippen molar-refractivity contribution in [2.45, 2.75) is 283 Å². The summed E-state index contributed by atoms with van der Waals surface area (Å²) in [6.45, 7) is 4.29. The van der Waals surface area contributed by atoms with E-state index in [0.29, 0.717) is 17.4 Å². The maximum absolute atomic E-state index is 12.8. The number of allylic oxidation sites excluding steroid dienone is 2. The fraction of sp³-hybridized carbons (Fsp3) is 0.927. The molecule has 0 rings (SSSR count). The van der Waals surface area contributed by atoms with Crippen molar-refractivity contribution in [2.75, 3.05) is 47.5 Å². The van der Waals surface area contributed by atoms with Gasteiger partial charge in [0.1, 0.15) is 19.8 Å². The summed E-state index contributed by atoms with van der Waals surface area (Å²) < 4.78 is 34.1. The van der Waals surface area contributed by atoms with Gasteiger partial charge in [0.15, 0.2) is 6.10 Å². The summed E-state index contributed by atoms with van der Waals surface area (Å²) in [5, 5.41) is 0. The zero-order valence-electron chi connectivity index (χ0n) is 43.7. The molecule has 0 heterocycles. The zero-order chi connectivity index (χ0) is 47.8. The van der Waals surface area contributed by atoms with Gasteiger partial charge in [-0.2, -0.15) is 0 Å². The van der Waals surface area contributed by atoms with Crippen molar-refractivity contribution in [2.24, 2.45) is 0 Å². The van der Waals surface area contributed by atoms with E-state index in [1.807, 2.05) is 21.1 Å².